The second kappa shape index (κ2) is 9.28. The number of piperidine rings is 1. The van der Waals surface area contributed by atoms with E-state index in [1.807, 2.05) is 31.2 Å². The molecule has 2 aliphatic heterocycles. The van der Waals surface area contributed by atoms with Crippen LogP contribution in [0.2, 0.25) is 5.02 Å². The Morgan fingerprint density at radius 2 is 2.14 bits per heavy atom. The molecule has 0 aliphatic carbocycles. The summed E-state index contributed by atoms with van der Waals surface area (Å²) in [6.07, 6.45) is 4.08. The van der Waals surface area contributed by atoms with Crippen LogP contribution in [0.1, 0.15) is 37.1 Å². The number of nitrogens with one attached hydrogen (secondary N) is 1. The van der Waals surface area contributed by atoms with E-state index >= 15 is 0 Å². The van der Waals surface area contributed by atoms with E-state index in [4.69, 9.17) is 20.8 Å². The Morgan fingerprint density at radius 3 is 2.86 bits per heavy atom. The molecular weight excluding hydrogens is 390 g/mol. The average Bonchev–Trinajstić information content (AvgIpc) is 3.37. The molecule has 156 valence electrons. The van der Waals surface area contributed by atoms with Gasteiger partial charge in [0, 0.05) is 36.2 Å². The van der Waals surface area contributed by atoms with Crippen LogP contribution >= 0.6 is 11.6 Å². The van der Waals surface area contributed by atoms with Crippen LogP contribution in [0.15, 0.2) is 28.7 Å². The molecule has 1 aromatic carbocycles. The first kappa shape index (κ1) is 20.4. The summed E-state index contributed by atoms with van der Waals surface area (Å²) in [6, 6.07) is 7.54. The third-order valence-electron chi connectivity index (χ3n) is 5.82. The Hall–Kier alpha value is -1.89. The van der Waals surface area contributed by atoms with Crippen LogP contribution in [0.3, 0.4) is 0 Å². The Bertz CT molecular complexity index is 840. The molecule has 2 aliphatic rings. The van der Waals surface area contributed by atoms with E-state index in [9.17, 15) is 4.79 Å². The van der Waals surface area contributed by atoms with Crippen molar-refractivity contribution in [1.29, 1.82) is 0 Å². The molecule has 2 saturated heterocycles. The van der Waals surface area contributed by atoms with Crippen LogP contribution < -0.4 is 5.32 Å². The van der Waals surface area contributed by atoms with E-state index in [1.54, 1.807) is 0 Å². The van der Waals surface area contributed by atoms with Crippen molar-refractivity contribution in [3.05, 3.63) is 40.7 Å². The number of carbonyl (C=O) groups excluding carboxylic acids is 1. The Labute approximate surface area is 176 Å². The Kier molecular flexibility index (Phi) is 6.53. The lowest BCUT2D eigenvalue weighted by Crippen LogP contribution is -2.42. The van der Waals surface area contributed by atoms with Crippen LogP contribution in [0.25, 0.3) is 11.5 Å². The number of likely N-dealkylation sites (tertiary alicyclic amines) is 1. The van der Waals surface area contributed by atoms with E-state index in [1.165, 1.54) is 0 Å². The predicted octanol–water partition coefficient (Wildman–Crippen LogP) is 3.81. The van der Waals surface area contributed by atoms with Crippen molar-refractivity contribution in [2.45, 2.75) is 45.3 Å². The lowest BCUT2D eigenvalue weighted by Gasteiger charge is -2.31. The highest BCUT2D eigenvalue weighted by Crippen LogP contribution is 2.26. The Balaban J connectivity index is 1.28. The van der Waals surface area contributed by atoms with Crippen LogP contribution in [-0.2, 0) is 16.1 Å². The minimum Gasteiger partial charge on any atom is -0.441 e. The van der Waals surface area contributed by atoms with E-state index in [2.05, 4.69) is 15.2 Å². The molecule has 4 rings (SSSR count). The van der Waals surface area contributed by atoms with Crippen LogP contribution in [0.4, 0.5) is 0 Å². The average molecular weight is 418 g/mol. The second-order valence-corrected chi connectivity index (χ2v) is 8.40. The summed E-state index contributed by atoms with van der Waals surface area (Å²) < 4.78 is 11.4. The minimum atomic E-state index is 0.0908. The molecule has 0 spiro atoms. The predicted molar refractivity (Wildman–Crippen MR) is 112 cm³/mol. The topological polar surface area (TPSA) is 67.6 Å². The third kappa shape index (κ3) is 5.18. The maximum absolute atomic E-state index is 12.4. The molecule has 1 atom stereocenters. The molecule has 1 amide bonds. The molecule has 29 heavy (non-hydrogen) atoms. The smallest absolute Gasteiger partial charge is 0.226 e. The SMILES string of the molecule is Cc1oc(-c2cccc(Cl)c2)nc1CN1CCC(C(=O)NC[C@H]2CCCO2)CC1. The van der Waals surface area contributed by atoms with Gasteiger partial charge in [-0.2, -0.15) is 0 Å². The zero-order chi connectivity index (χ0) is 20.2. The van der Waals surface area contributed by atoms with E-state index in [-0.39, 0.29) is 17.9 Å². The van der Waals surface area contributed by atoms with E-state index < -0.39 is 0 Å². The summed E-state index contributed by atoms with van der Waals surface area (Å²) in [5, 5.41) is 3.74. The normalized spacial score (nSPS) is 20.8. The lowest BCUT2D eigenvalue weighted by atomic mass is 9.95. The number of carbonyl (C=O) groups is 1. The maximum Gasteiger partial charge on any atom is 0.226 e. The number of oxazole rings is 1. The van der Waals surface area contributed by atoms with Crippen molar-refractivity contribution < 1.29 is 13.9 Å². The first-order valence-electron chi connectivity index (χ1n) is 10.4. The van der Waals surface area contributed by atoms with Gasteiger partial charge in [-0.15, -0.1) is 0 Å². The van der Waals surface area contributed by atoms with Crippen molar-refractivity contribution in [3.8, 4) is 11.5 Å². The fourth-order valence-corrected chi connectivity index (χ4v) is 4.24. The quantitative estimate of drug-likeness (QED) is 0.774. The van der Waals surface area contributed by atoms with Gasteiger partial charge >= 0.3 is 0 Å². The fourth-order valence-electron chi connectivity index (χ4n) is 4.05. The van der Waals surface area contributed by atoms with Gasteiger partial charge in [-0.05, 0) is 63.9 Å². The Morgan fingerprint density at radius 1 is 1.31 bits per heavy atom. The van der Waals surface area contributed by atoms with Gasteiger partial charge in [-0.25, -0.2) is 4.98 Å². The van der Waals surface area contributed by atoms with Gasteiger partial charge in [0.1, 0.15) is 5.76 Å². The van der Waals surface area contributed by atoms with Gasteiger partial charge < -0.3 is 14.5 Å². The van der Waals surface area contributed by atoms with E-state index in [0.717, 1.165) is 68.9 Å². The lowest BCUT2D eigenvalue weighted by molar-refractivity contribution is -0.127. The van der Waals surface area contributed by atoms with Crippen molar-refractivity contribution in [1.82, 2.24) is 15.2 Å². The number of amides is 1. The first-order valence-corrected chi connectivity index (χ1v) is 10.8. The molecule has 0 bridgehead atoms. The van der Waals surface area contributed by atoms with Crippen LogP contribution in [0.5, 0.6) is 0 Å². The molecule has 0 unspecified atom stereocenters. The number of aromatic nitrogens is 1. The van der Waals surface area contributed by atoms with Gasteiger partial charge in [-0.1, -0.05) is 17.7 Å². The summed E-state index contributed by atoms with van der Waals surface area (Å²) in [7, 11) is 0. The summed E-state index contributed by atoms with van der Waals surface area (Å²) in [5.74, 6) is 1.69. The number of benzene rings is 1. The molecule has 7 heteroatoms. The monoisotopic (exact) mass is 417 g/mol. The summed E-state index contributed by atoms with van der Waals surface area (Å²) in [5.41, 5.74) is 1.83. The molecule has 3 heterocycles. The first-order chi connectivity index (χ1) is 14.1. The third-order valence-corrected chi connectivity index (χ3v) is 6.06. The van der Waals surface area contributed by atoms with Crippen LogP contribution in [-0.4, -0.2) is 48.1 Å². The number of aryl methyl sites for hydroxylation is 1. The number of nitrogens with zero attached hydrogens (tertiary/aromatic N) is 2. The summed E-state index contributed by atoms with van der Waals surface area (Å²) in [6.45, 7) is 5.92. The zero-order valence-corrected chi connectivity index (χ0v) is 17.6. The number of hydrogen-bond donors (Lipinski definition) is 1. The molecule has 2 fully saturated rings. The highest BCUT2D eigenvalue weighted by molar-refractivity contribution is 6.30. The molecule has 1 aromatic heterocycles. The van der Waals surface area contributed by atoms with Gasteiger partial charge in [0.05, 0.1) is 11.8 Å². The summed E-state index contributed by atoms with van der Waals surface area (Å²) >= 11 is 6.08. The summed E-state index contributed by atoms with van der Waals surface area (Å²) in [4.78, 5) is 19.5. The van der Waals surface area contributed by atoms with Gasteiger partial charge in [-0.3, -0.25) is 9.69 Å². The molecule has 1 N–H and O–H groups in total. The van der Waals surface area contributed by atoms with E-state index in [0.29, 0.717) is 17.5 Å². The minimum absolute atomic E-state index is 0.0908. The van der Waals surface area contributed by atoms with Gasteiger partial charge in [0.25, 0.3) is 0 Å². The van der Waals surface area contributed by atoms with Gasteiger partial charge in [0.2, 0.25) is 11.8 Å². The highest BCUT2D eigenvalue weighted by atomic mass is 35.5. The molecular formula is C22H28ClN3O3. The molecule has 6 nitrogen and oxygen atoms in total. The van der Waals surface area contributed by atoms with Crippen molar-refractivity contribution in [2.75, 3.05) is 26.2 Å². The molecule has 0 radical (unpaired) electrons. The van der Waals surface area contributed by atoms with Crippen molar-refractivity contribution >= 4 is 17.5 Å². The highest BCUT2D eigenvalue weighted by Gasteiger charge is 2.27. The largest absolute Gasteiger partial charge is 0.441 e. The number of halogens is 1. The van der Waals surface area contributed by atoms with Crippen LogP contribution in [0, 0.1) is 12.8 Å². The van der Waals surface area contributed by atoms with Crippen molar-refractivity contribution in [3.63, 3.8) is 0 Å². The molecule has 0 saturated carbocycles. The number of hydrogen-bond acceptors (Lipinski definition) is 5. The number of rotatable bonds is 6. The van der Waals surface area contributed by atoms with Crippen molar-refractivity contribution in [2.24, 2.45) is 5.92 Å². The van der Waals surface area contributed by atoms with Gasteiger partial charge in [0.15, 0.2) is 0 Å². The molecule has 2 aromatic rings. The fraction of sp³-hybridized carbons (Fsp3) is 0.545. The maximum atomic E-state index is 12.4. The standard InChI is InChI=1S/C22H28ClN3O3/c1-15-20(25-22(29-15)17-4-2-5-18(23)12-17)14-26-9-7-16(8-10-26)21(27)24-13-19-6-3-11-28-19/h2,4-5,12,16,19H,3,6-11,13-14H2,1H3,(H,24,27)/t19-/m1/s1. The number of ether oxygens (including phenoxy) is 1. The zero-order valence-electron chi connectivity index (χ0n) is 16.8. The second-order valence-electron chi connectivity index (χ2n) is 7.96.